The molecular formula is C15H13BrClNO3S. The summed E-state index contributed by atoms with van der Waals surface area (Å²) in [4.78, 5) is 11.4. The molecule has 0 aliphatic rings. The Morgan fingerprint density at radius 2 is 1.64 bits per heavy atom. The van der Waals surface area contributed by atoms with E-state index in [4.69, 9.17) is 11.6 Å². The van der Waals surface area contributed by atoms with Crippen LogP contribution in [0.25, 0.3) is 0 Å². The number of carbonyl (C=O) groups is 1. The van der Waals surface area contributed by atoms with E-state index >= 15 is 0 Å². The first-order valence-electron chi connectivity index (χ1n) is 6.34. The molecule has 0 amide bonds. The maximum atomic E-state index is 12.8. The fraction of sp³-hybridized carbons (Fsp3) is 0.133. The molecule has 7 heteroatoms. The molecule has 0 saturated heterocycles. The van der Waals surface area contributed by atoms with Gasteiger partial charge in [0.05, 0.1) is 10.6 Å². The summed E-state index contributed by atoms with van der Waals surface area (Å²) in [6, 6.07) is 13.0. The van der Waals surface area contributed by atoms with E-state index in [-0.39, 0.29) is 4.90 Å². The summed E-state index contributed by atoms with van der Waals surface area (Å²) in [5.74, 6) is 0. The molecule has 0 aliphatic heterocycles. The van der Waals surface area contributed by atoms with Crippen LogP contribution in [0.15, 0.2) is 57.9 Å². The van der Waals surface area contributed by atoms with E-state index < -0.39 is 21.8 Å². The molecule has 0 spiro atoms. The van der Waals surface area contributed by atoms with Crippen molar-refractivity contribution in [3.63, 3.8) is 0 Å². The average molecular weight is 403 g/mol. The molecular weight excluding hydrogens is 390 g/mol. The van der Waals surface area contributed by atoms with Gasteiger partial charge in [0.25, 0.3) is 10.0 Å². The van der Waals surface area contributed by atoms with Gasteiger partial charge in [0.1, 0.15) is 6.54 Å². The molecule has 116 valence electrons. The van der Waals surface area contributed by atoms with Crippen LogP contribution in [-0.4, -0.2) is 20.2 Å². The van der Waals surface area contributed by atoms with Gasteiger partial charge in [-0.2, -0.15) is 0 Å². The molecule has 2 rings (SSSR count). The molecule has 0 aliphatic carbocycles. The maximum absolute atomic E-state index is 12.8. The van der Waals surface area contributed by atoms with Crippen molar-refractivity contribution in [2.45, 2.75) is 11.8 Å². The minimum absolute atomic E-state index is 0.110. The standard InChI is InChI=1S/C15H13BrClNO3S/c1-11-2-8-14(9-3-11)22(20,21)18(10-15(17)19)13-6-4-12(16)5-7-13/h2-9H,10H2,1H3. The fourth-order valence-electron chi connectivity index (χ4n) is 1.87. The molecule has 2 aromatic carbocycles. The zero-order valence-electron chi connectivity index (χ0n) is 11.7. The molecule has 4 nitrogen and oxygen atoms in total. The highest BCUT2D eigenvalue weighted by Gasteiger charge is 2.26. The monoisotopic (exact) mass is 401 g/mol. The first kappa shape index (κ1) is 17.0. The van der Waals surface area contributed by atoms with Crippen molar-refractivity contribution in [1.82, 2.24) is 0 Å². The third-order valence-electron chi connectivity index (χ3n) is 2.99. The number of hydrogen-bond acceptors (Lipinski definition) is 3. The van der Waals surface area contributed by atoms with Crippen LogP contribution in [-0.2, 0) is 14.8 Å². The van der Waals surface area contributed by atoms with Gasteiger partial charge in [0, 0.05) is 4.47 Å². The van der Waals surface area contributed by atoms with Gasteiger partial charge >= 0.3 is 0 Å². The van der Waals surface area contributed by atoms with Gasteiger partial charge in [-0.1, -0.05) is 33.6 Å². The number of anilines is 1. The molecule has 0 heterocycles. The van der Waals surface area contributed by atoms with Crippen molar-refractivity contribution >= 4 is 48.5 Å². The molecule has 22 heavy (non-hydrogen) atoms. The van der Waals surface area contributed by atoms with Crippen molar-refractivity contribution in [1.29, 1.82) is 0 Å². The molecule has 0 unspecified atom stereocenters. The summed E-state index contributed by atoms with van der Waals surface area (Å²) in [6.45, 7) is 1.44. The number of carbonyl (C=O) groups excluding carboxylic acids is 1. The Morgan fingerprint density at radius 1 is 1.09 bits per heavy atom. The van der Waals surface area contributed by atoms with Gasteiger partial charge < -0.3 is 0 Å². The Kier molecular flexibility index (Phi) is 5.26. The Hall–Kier alpha value is -1.37. The summed E-state index contributed by atoms with van der Waals surface area (Å²) in [6.07, 6.45) is 0. The Labute approximate surface area is 142 Å². The van der Waals surface area contributed by atoms with Crippen LogP contribution in [0.5, 0.6) is 0 Å². The molecule has 0 saturated carbocycles. The smallest absolute Gasteiger partial charge is 0.264 e. The van der Waals surface area contributed by atoms with Crippen LogP contribution < -0.4 is 4.31 Å². The van der Waals surface area contributed by atoms with E-state index in [1.807, 2.05) is 6.92 Å². The van der Waals surface area contributed by atoms with Crippen LogP contribution in [0.2, 0.25) is 0 Å². The van der Waals surface area contributed by atoms with Crippen molar-refractivity contribution in [2.75, 3.05) is 10.8 Å². The molecule has 0 radical (unpaired) electrons. The summed E-state index contributed by atoms with van der Waals surface area (Å²) >= 11 is 8.71. The van der Waals surface area contributed by atoms with E-state index in [0.29, 0.717) is 5.69 Å². The molecule has 0 N–H and O–H groups in total. The highest BCUT2D eigenvalue weighted by atomic mass is 79.9. The summed E-state index contributed by atoms with van der Waals surface area (Å²) in [7, 11) is -3.87. The van der Waals surface area contributed by atoms with Crippen molar-refractivity contribution in [2.24, 2.45) is 0 Å². The van der Waals surface area contributed by atoms with Crippen molar-refractivity contribution in [3.8, 4) is 0 Å². The van der Waals surface area contributed by atoms with Crippen LogP contribution in [0, 0.1) is 6.92 Å². The summed E-state index contributed by atoms with van der Waals surface area (Å²) in [5.41, 5.74) is 1.32. The Morgan fingerprint density at radius 3 is 2.14 bits per heavy atom. The molecule has 0 bridgehead atoms. The van der Waals surface area contributed by atoms with Crippen LogP contribution in [0.3, 0.4) is 0 Å². The lowest BCUT2D eigenvalue weighted by Gasteiger charge is -2.23. The zero-order chi connectivity index (χ0) is 16.3. The molecule has 2 aromatic rings. The van der Waals surface area contributed by atoms with Gasteiger partial charge in [-0.05, 0) is 54.9 Å². The molecule has 0 atom stereocenters. The highest BCUT2D eigenvalue weighted by Crippen LogP contribution is 2.25. The maximum Gasteiger partial charge on any atom is 0.264 e. The first-order chi connectivity index (χ1) is 10.3. The Balaban J connectivity index is 2.50. The Bertz CT molecular complexity index is 773. The predicted molar refractivity (Wildman–Crippen MR) is 90.7 cm³/mol. The van der Waals surface area contributed by atoms with Gasteiger partial charge in [-0.25, -0.2) is 8.42 Å². The summed E-state index contributed by atoms with van der Waals surface area (Å²) < 4.78 is 27.3. The largest absolute Gasteiger partial charge is 0.279 e. The average Bonchev–Trinajstić information content (AvgIpc) is 2.46. The van der Waals surface area contributed by atoms with E-state index in [9.17, 15) is 13.2 Å². The number of hydrogen-bond donors (Lipinski definition) is 0. The number of nitrogens with zero attached hydrogens (tertiary/aromatic N) is 1. The van der Waals surface area contributed by atoms with Crippen LogP contribution in [0.4, 0.5) is 5.69 Å². The number of sulfonamides is 1. The van der Waals surface area contributed by atoms with Crippen LogP contribution in [0.1, 0.15) is 5.56 Å². The quantitative estimate of drug-likeness (QED) is 0.716. The normalized spacial score (nSPS) is 11.2. The number of benzene rings is 2. The second kappa shape index (κ2) is 6.81. The lowest BCUT2D eigenvalue weighted by molar-refractivity contribution is -0.110. The first-order valence-corrected chi connectivity index (χ1v) is 8.95. The third kappa shape index (κ3) is 3.88. The van der Waals surface area contributed by atoms with Gasteiger partial charge in [0.2, 0.25) is 5.24 Å². The fourth-order valence-corrected chi connectivity index (χ4v) is 3.75. The van der Waals surface area contributed by atoms with E-state index in [2.05, 4.69) is 15.9 Å². The lowest BCUT2D eigenvalue weighted by Crippen LogP contribution is -2.34. The van der Waals surface area contributed by atoms with Crippen LogP contribution >= 0.6 is 27.5 Å². The minimum atomic E-state index is -3.87. The zero-order valence-corrected chi connectivity index (χ0v) is 14.8. The van der Waals surface area contributed by atoms with Gasteiger partial charge in [0.15, 0.2) is 0 Å². The second-order valence-corrected chi connectivity index (χ2v) is 7.86. The van der Waals surface area contributed by atoms with E-state index in [1.165, 1.54) is 12.1 Å². The SMILES string of the molecule is Cc1ccc(S(=O)(=O)N(CC(=O)Cl)c2ccc(Br)cc2)cc1. The summed E-state index contributed by atoms with van der Waals surface area (Å²) in [5, 5.41) is -0.751. The highest BCUT2D eigenvalue weighted by molar-refractivity contribution is 9.10. The minimum Gasteiger partial charge on any atom is -0.279 e. The predicted octanol–water partition coefficient (Wildman–Crippen LogP) is 3.72. The molecule has 0 fully saturated rings. The topological polar surface area (TPSA) is 54.5 Å². The number of aryl methyl sites for hydroxylation is 1. The number of rotatable bonds is 5. The van der Waals surface area contributed by atoms with Crippen molar-refractivity contribution in [3.05, 3.63) is 58.6 Å². The van der Waals surface area contributed by atoms with Gasteiger partial charge in [-0.3, -0.25) is 9.10 Å². The van der Waals surface area contributed by atoms with E-state index in [0.717, 1.165) is 14.3 Å². The van der Waals surface area contributed by atoms with E-state index in [1.54, 1.807) is 36.4 Å². The third-order valence-corrected chi connectivity index (χ3v) is 5.43. The van der Waals surface area contributed by atoms with Crippen molar-refractivity contribution < 1.29 is 13.2 Å². The van der Waals surface area contributed by atoms with Gasteiger partial charge in [-0.15, -0.1) is 0 Å². The second-order valence-electron chi connectivity index (χ2n) is 4.66. The lowest BCUT2D eigenvalue weighted by atomic mass is 10.2. The molecule has 0 aromatic heterocycles. The number of halogens is 2.